The van der Waals surface area contributed by atoms with E-state index in [0.29, 0.717) is 12.3 Å². The molecule has 1 aliphatic heterocycles. The number of hydrogen-bond acceptors (Lipinski definition) is 4. The lowest BCUT2D eigenvalue weighted by molar-refractivity contribution is -0.107. The highest BCUT2D eigenvalue weighted by molar-refractivity contribution is 5.91. The number of hydrogen-bond donors (Lipinski definition) is 2. The number of carbonyl (C=O) groups is 1. The predicted octanol–water partition coefficient (Wildman–Crippen LogP) is 2.76. The molecule has 1 fully saturated rings. The average molecular weight is 357 g/mol. The molecule has 2 aromatic rings. The van der Waals surface area contributed by atoms with Crippen molar-refractivity contribution >= 4 is 5.91 Å². The second kappa shape index (κ2) is 7.13. The molecule has 4 N–H and O–H groups in total. The van der Waals surface area contributed by atoms with Crippen molar-refractivity contribution in [3.8, 4) is 0 Å². The largest absolute Gasteiger partial charge is 0.367 e. The van der Waals surface area contributed by atoms with Gasteiger partial charge in [-0.25, -0.2) is 0 Å². The highest BCUT2D eigenvalue weighted by Crippen LogP contribution is 2.48. The van der Waals surface area contributed by atoms with Crippen LogP contribution in [-0.2, 0) is 16.1 Å². The third kappa shape index (κ3) is 3.10. The lowest BCUT2D eigenvalue weighted by atomic mass is 9.83. The van der Waals surface area contributed by atoms with E-state index in [4.69, 9.17) is 21.1 Å². The van der Waals surface area contributed by atoms with Crippen molar-refractivity contribution in [2.75, 3.05) is 5.84 Å². The van der Waals surface area contributed by atoms with Crippen molar-refractivity contribution in [3.63, 3.8) is 0 Å². The van der Waals surface area contributed by atoms with Gasteiger partial charge in [-0.15, -0.1) is 0 Å². The van der Waals surface area contributed by atoms with Gasteiger partial charge in [0.2, 0.25) is 0 Å². The topological polar surface area (TPSA) is 92.5 Å². The number of ether oxygens (including phenoxy) is 2. The molecule has 1 aromatic carbocycles. The molecule has 1 aromatic heterocycles. The molecule has 4 atom stereocenters. The summed E-state index contributed by atoms with van der Waals surface area (Å²) >= 11 is 0. The zero-order valence-electron chi connectivity index (χ0n) is 15.5. The van der Waals surface area contributed by atoms with E-state index in [9.17, 15) is 4.79 Å². The highest BCUT2D eigenvalue weighted by atomic mass is 16.6. The maximum atomic E-state index is 11.6. The van der Waals surface area contributed by atoms with Crippen molar-refractivity contribution in [2.45, 2.75) is 51.6 Å². The molecule has 1 saturated heterocycles. The van der Waals surface area contributed by atoms with Crippen LogP contribution in [0.1, 0.15) is 55.0 Å². The smallest absolute Gasteiger partial charge is 0.267 e. The third-order valence-corrected chi connectivity index (χ3v) is 5.56. The summed E-state index contributed by atoms with van der Waals surface area (Å²) in [6, 6.07) is 13.5. The van der Waals surface area contributed by atoms with Gasteiger partial charge in [0.15, 0.2) is 0 Å². The van der Waals surface area contributed by atoms with E-state index in [2.05, 4.69) is 20.8 Å². The van der Waals surface area contributed by atoms with Gasteiger partial charge in [0.1, 0.15) is 17.4 Å². The molecule has 6 nitrogen and oxygen atoms in total. The van der Waals surface area contributed by atoms with Gasteiger partial charge < -0.3 is 21.1 Å². The van der Waals surface area contributed by atoms with Crippen LogP contribution in [0.15, 0.2) is 42.5 Å². The molecule has 2 heterocycles. The van der Waals surface area contributed by atoms with E-state index in [1.807, 2.05) is 30.3 Å². The van der Waals surface area contributed by atoms with Gasteiger partial charge in [0.05, 0.1) is 18.4 Å². The zero-order chi connectivity index (χ0) is 18.9. The number of aromatic nitrogens is 1. The Bertz CT molecular complexity index is 774. The molecule has 1 amide bonds. The van der Waals surface area contributed by atoms with Crippen molar-refractivity contribution in [1.29, 1.82) is 0 Å². The fourth-order valence-corrected chi connectivity index (χ4v) is 3.75. The summed E-state index contributed by atoms with van der Waals surface area (Å²) in [6.07, 6.45) is 0.535. The average Bonchev–Trinajstić information content (AvgIpc) is 3.13. The van der Waals surface area contributed by atoms with Crippen LogP contribution in [0.3, 0.4) is 0 Å². The van der Waals surface area contributed by atoms with E-state index in [1.54, 1.807) is 12.1 Å². The first-order chi connectivity index (χ1) is 12.4. The van der Waals surface area contributed by atoms with E-state index in [0.717, 1.165) is 12.0 Å². The number of benzene rings is 1. The van der Waals surface area contributed by atoms with Crippen LogP contribution in [-0.4, -0.2) is 22.3 Å². The summed E-state index contributed by atoms with van der Waals surface area (Å²) in [7, 11) is 0. The molecular weight excluding hydrogens is 330 g/mol. The molecule has 0 radical (unpaired) electrons. The van der Waals surface area contributed by atoms with Gasteiger partial charge in [0.25, 0.3) is 5.91 Å². The summed E-state index contributed by atoms with van der Waals surface area (Å²) in [5, 5.41) is 0. The quantitative estimate of drug-likeness (QED) is 0.778. The number of rotatable bonds is 6. The standard InChI is InChI=1S/C20H27N3O3/c1-4-17-13(2)20(3,25-12-14-8-6-5-7-9-14)18(26-17)15-10-11-16(19(21)24)23(15)22/h5-11,13,17-18H,4,12,22H2,1-3H3,(H2,21,24)/t13-,17-,18+,20-/m1/s1. The highest BCUT2D eigenvalue weighted by Gasteiger charge is 2.53. The number of primary amides is 1. The van der Waals surface area contributed by atoms with E-state index in [1.165, 1.54) is 4.68 Å². The Morgan fingerprint density at radius 3 is 2.54 bits per heavy atom. The Morgan fingerprint density at radius 1 is 1.27 bits per heavy atom. The van der Waals surface area contributed by atoms with Crippen molar-refractivity contribution in [1.82, 2.24) is 4.68 Å². The lowest BCUT2D eigenvalue weighted by Crippen LogP contribution is -2.40. The molecule has 0 unspecified atom stereocenters. The van der Waals surface area contributed by atoms with Crippen LogP contribution >= 0.6 is 0 Å². The Hall–Kier alpha value is -2.31. The molecule has 0 aliphatic carbocycles. The van der Waals surface area contributed by atoms with Crippen LogP contribution in [0.5, 0.6) is 0 Å². The molecule has 140 valence electrons. The monoisotopic (exact) mass is 357 g/mol. The molecule has 6 heteroatoms. The molecule has 0 bridgehead atoms. The number of nitrogens with zero attached hydrogens (tertiary/aromatic N) is 1. The first-order valence-corrected chi connectivity index (χ1v) is 8.98. The van der Waals surface area contributed by atoms with Gasteiger partial charge in [-0.3, -0.25) is 9.47 Å². The predicted molar refractivity (Wildman–Crippen MR) is 99.8 cm³/mol. The van der Waals surface area contributed by atoms with E-state index < -0.39 is 11.5 Å². The van der Waals surface area contributed by atoms with E-state index in [-0.39, 0.29) is 23.8 Å². The summed E-state index contributed by atoms with van der Waals surface area (Å²) in [4.78, 5) is 11.6. The fraction of sp³-hybridized carbons (Fsp3) is 0.450. The number of carbonyl (C=O) groups excluding carboxylic acids is 1. The number of nitrogens with two attached hydrogens (primary N) is 2. The molecule has 0 saturated carbocycles. The minimum Gasteiger partial charge on any atom is -0.367 e. The second-order valence-electron chi connectivity index (χ2n) is 7.09. The van der Waals surface area contributed by atoms with Crippen LogP contribution in [0.25, 0.3) is 0 Å². The summed E-state index contributed by atoms with van der Waals surface area (Å²) in [5.41, 5.74) is 6.86. The Kier molecular flexibility index (Phi) is 5.07. The third-order valence-electron chi connectivity index (χ3n) is 5.56. The summed E-state index contributed by atoms with van der Waals surface area (Å²) < 4.78 is 14.0. The second-order valence-corrected chi connectivity index (χ2v) is 7.09. The first-order valence-electron chi connectivity index (χ1n) is 8.98. The molecule has 0 spiro atoms. The van der Waals surface area contributed by atoms with Crippen molar-refractivity contribution in [3.05, 3.63) is 59.4 Å². The Balaban J connectivity index is 1.92. The molecule has 3 rings (SSSR count). The van der Waals surface area contributed by atoms with Crippen molar-refractivity contribution in [2.24, 2.45) is 11.7 Å². The van der Waals surface area contributed by atoms with Gasteiger partial charge in [-0.05, 0) is 31.0 Å². The lowest BCUT2D eigenvalue weighted by Gasteiger charge is -2.34. The Labute approximate surface area is 154 Å². The van der Waals surface area contributed by atoms with Crippen LogP contribution in [0.4, 0.5) is 0 Å². The number of amides is 1. The molecular formula is C20H27N3O3. The zero-order valence-corrected chi connectivity index (χ0v) is 15.5. The van der Waals surface area contributed by atoms with Crippen molar-refractivity contribution < 1.29 is 14.3 Å². The van der Waals surface area contributed by atoms with Gasteiger partial charge in [-0.1, -0.05) is 44.2 Å². The molecule has 26 heavy (non-hydrogen) atoms. The molecule has 1 aliphatic rings. The first kappa shape index (κ1) is 18.5. The Morgan fingerprint density at radius 2 is 1.96 bits per heavy atom. The van der Waals surface area contributed by atoms with E-state index >= 15 is 0 Å². The number of nitrogen functional groups attached to an aromatic ring is 1. The normalized spacial score (nSPS) is 28.3. The van der Waals surface area contributed by atoms with Crippen LogP contribution in [0, 0.1) is 5.92 Å². The van der Waals surface area contributed by atoms with Gasteiger partial charge in [-0.2, -0.15) is 0 Å². The summed E-state index contributed by atoms with van der Waals surface area (Å²) in [6.45, 7) is 6.76. The minimum absolute atomic E-state index is 0.0488. The summed E-state index contributed by atoms with van der Waals surface area (Å²) in [5.74, 6) is 5.72. The van der Waals surface area contributed by atoms with Gasteiger partial charge >= 0.3 is 0 Å². The minimum atomic E-state index is -0.582. The maximum absolute atomic E-state index is 11.6. The SMILES string of the molecule is CC[C@H]1O[C@@H](c2ccc(C(N)=O)n2N)[C@](C)(OCc2ccccc2)[C@@H]1C. The van der Waals surface area contributed by atoms with Crippen LogP contribution < -0.4 is 11.6 Å². The van der Waals surface area contributed by atoms with Crippen LogP contribution in [0.2, 0.25) is 0 Å². The fourth-order valence-electron chi connectivity index (χ4n) is 3.75. The van der Waals surface area contributed by atoms with Gasteiger partial charge in [0, 0.05) is 5.92 Å². The maximum Gasteiger partial charge on any atom is 0.267 e.